The lowest BCUT2D eigenvalue weighted by Gasteiger charge is -2.58. The first-order valence-corrected chi connectivity index (χ1v) is 12.6. The number of hydrogen-bond donors (Lipinski definition) is 3. The molecule has 1 amide bonds. The number of ketones is 1. The van der Waals surface area contributed by atoms with Crippen LogP contribution in [0, 0.1) is 34.5 Å². The molecular formula is C26H38N2O6. The van der Waals surface area contributed by atoms with Gasteiger partial charge in [-0.05, 0) is 93.0 Å². The van der Waals surface area contributed by atoms with E-state index < -0.39 is 31.1 Å². The molecule has 0 radical (unpaired) electrons. The number of carboxylic acids is 1. The second-order valence-electron chi connectivity index (χ2n) is 11.3. The zero-order valence-electron chi connectivity index (χ0n) is 20.5. The maximum Gasteiger partial charge on any atom is 0.328 e. The average Bonchev–Trinajstić information content (AvgIpc) is 3.15. The van der Waals surface area contributed by atoms with Crippen LogP contribution in [0.2, 0.25) is 0 Å². The van der Waals surface area contributed by atoms with Gasteiger partial charge in [-0.3, -0.25) is 9.59 Å². The monoisotopic (exact) mass is 474 g/mol. The van der Waals surface area contributed by atoms with Gasteiger partial charge in [0.1, 0.15) is 11.8 Å². The van der Waals surface area contributed by atoms with Crippen LogP contribution in [0.5, 0.6) is 0 Å². The number of aliphatic hydroxyl groups is 1. The number of carbonyl (C=O) groups is 3. The number of fused-ring (bicyclic) bond motifs is 5. The van der Waals surface area contributed by atoms with Crippen LogP contribution >= 0.6 is 0 Å². The number of amides is 1. The van der Waals surface area contributed by atoms with Crippen LogP contribution in [0.15, 0.2) is 16.8 Å². The molecule has 3 saturated carbocycles. The predicted octanol–water partition coefficient (Wildman–Crippen LogP) is 3.09. The van der Waals surface area contributed by atoms with Crippen LogP contribution in [-0.4, -0.2) is 52.8 Å². The molecule has 0 heterocycles. The number of nitrogens with zero attached hydrogens (tertiary/aromatic N) is 1. The molecule has 8 heteroatoms. The van der Waals surface area contributed by atoms with Crippen molar-refractivity contribution in [3.63, 3.8) is 0 Å². The Kier molecular flexibility index (Phi) is 6.91. The minimum Gasteiger partial charge on any atom is -0.480 e. The van der Waals surface area contributed by atoms with E-state index in [-0.39, 0.29) is 16.7 Å². The van der Waals surface area contributed by atoms with Gasteiger partial charge in [0.25, 0.3) is 5.91 Å². The summed E-state index contributed by atoms with van der Waals surface area (Å²) in [6, 6.07) is -1.35. The highest BCUT2D eigenvalue weighted by atomic mass is 16.6. The third-order valence-electron chi connectivity index (χ3n) is 9.66. The molecule has 0 aromatic heterocycles. The Labute approximate surface area is 201 Å². The highest BCUT2D eigenvalue weighted by Gasteiger charge is 2.59. The quantitative estimate of drug-likeness (QED) is 0.487. The third kappa shape index (κ3) is 4.30. The molecule has 188 valence electrons. The highest BCUT2D eigenvalue weighted by molar-refractivity contribution is 5.96. The SMILES string of the molecule is CC(=O)C1CCC2[C@@H]3CCC4=CC(=NOCC(=O)NC(CO)C(=O)O)CC[C@]4(C)C3CC[C@]12C. The van der Waals surface area contributed by atoms with Gasteiger partial charge in [0.05, 0.1) is 12.3 Å². The largest absolute Gasteiger partial charge is 0.480 e. The molecule has 4 aliphatic carbocycles. The lowest BCUT2D eigenvalue weighted by Crippen LogP contribution is -2.51. The van der Waals surface area contributed by atoms with Gasteiger partial charge < -0.3 is 20.4 Å². The van der Waals surface area contributed by atoms with Crippen LogP contribution < -0.4 is 5.32 Å². The Morgan fingerprint density at radius 2 is 1.91 bits per heavy atom. The molecule has 0 aromatic carbocycles. The van der Waals surface area contributed by atoms with Crippen LogP contribution in [0.25, 0.3) is 0 Å². The van der Waals surface area contributed by atoms with E-state index in [1.54, 1.807) is 6.92 Å². The molecule has 3 N–H and O–H groups in total. The molecule has 7 atom stereocenters. The van der Waals surface area contributed by atoms with Crippen molar-refractivity contribution in [2.75, 3.05) is 13.2 Å². The maximum atomic E-state index is 12.3. The lowest BCUT2D eigenvalue weighted by atomic mass is 9.46. The van der Waals surface area contributed by atoms with Gasteiger partial charge in [0, 0.05) is 5.92 Å². The van der Waals surface area contributed by atoms with Gasteiger partial charge in [-0.15, -0.1) is 0 Å². The predicted molar refractivity (Wildman–Crippen MR) is 126 cm³/mol. The van der Waals surface area contributed by atoms with Crippen molar-refractivity contribution in [3.05, 3.63) is 11.6 Å². The second-order valence-corrected chi connectivity index (χ2v) is 11.3. The van der Waals surface area contributed by atoms with Crippen molar-refractivity contribution in [2.24, 2.45) is 39.7 Å². The smallest absolute Gasteiger partial charge is 0.328 e. The molecular weight excluding hydrogens is 436 g/mol. The van der Waals surface area contributed by atoms with Crippen LogP contribution in [0.1, 0.15) is 72.1 Å². The Balaban J connectivity index is 1.41. The van der Waals surface area contributed by atoms with Crippen LogP contribution in [-0.2, 0) is 19.2 Å². The first-order valence-electron chi connectivity index (χ1n) is 12.6. The molecule has 0 saturated heterocycles. The van der Waals surface area contributed by atoms with Crippen LogP contribution in [0.4, 0.5) is 0 Å². The molecule has 8 nitrogen and oxygen atoms in total. The van der Waals surface area contributed by atoms with Gasteiger partial charge in [-0.2, -0.15) is 0 Å². The number of rotatable bonds is 7. The van der Waals surface area contributed by atoms with Crippen molar-refractivity contribution < 1.29 is 29.4 Å². The van der Waals surface area contributed by atoms with E-state index in [4.69, 9.17) is 15.1 Å². The Bertz CT molecular complexity index is 913. The molecule has 0 aliphatic heterocycles. The zero-order chi connectivity index (χ0) is 24.7. The van der Waals surface area contributed by atoms with E-state index in [0.717, 1.165) is 44.2 Å². The minimum atomic E-state index is -1.35. The van der Waals surface area contributed by atoms with E-state index in [2.05, 4.69) is 30.4 Å². The van der Waals surface area contributed by atoms with E-state index in [1.165, 1.54) is 18.4 Å². The molecule has 34 heavy (non-hydrogen) atoms. The van der Waals surface area contributed by atoms with Crippen molar-refractivity contribution in [1.29, 1.82) is 0 Å². The normalized spacial score (nSPS) is 38.7. The third-order valence-corrected chi connectivity index (χ3v) is 9.66. The van der Waals surface area contributed by atoms with Gasteiger partial charge >= 0.3 is 5.97 Å². The first kappa shape index (κ1) is 24.9. The molecule has 0 aromatic rings. The molecule has 0 spiro atoms. The van der Waals surface area contributed by atoms with E-state index in [1.807, 2.05) is 0 Å². The van der Waals surface area contributed by atoms with Gasteiger partial charge in [0.2, 0.25) is 0 Å². The average molecular weight is 475 g/mol. The number of aliphatic carboxylic acids is 1. The summed E-state index contributed by atoms with van der Waals surface area (Å²) in [7, 11) is 0. The van der Waals surface area contributed by atoms with Crippen LogP contribution in [0.3, 0.4) is 0 Å². The summed E-state index contributed by atoms with van der Waals surface area (Å²) in [6.45, 7) is 5.48. The topological polar surface area (TPSA) is 125 Å². The number of allylic oxidation sites excluding steroid dienone is 2. The minimum absolute atomic E-state index is 0.144. The Morgan fingerprint density at radius 3 is 2.59 bits per heavy atom. The van der Waals surface area contributed by atoms with Crippen molar-refractivity contribution in [1.82, 2.24) is 5.32 Å². The van der Waals surface area contributed by atoms with Gasteiger partial charge in [-0.1, -0.05) is 24.6 Å². The lowest BCUT2D eigenvalue weighted by molar-refractivity contribution is -0.143. The first-order chi connectivity index (χ1) is 16.1. The standard InChI is InChI=1S/C26H38N2O6/c1-15(30)19-6-7-20-18-5-4-16-12-17(28-34-14-23(31)27-22(13-29)24(32)33)8-10-25(16,2)21(18)9-11-26(19,20)3/h12,18-22,29H,4-11,13-14H2,1-3H3,(H,27,31)(H,32,33)/t18-,19?,20?,21?,22?,25-,26+/m0/s1. The summed E-state index contributed by atoms with van der Waals surface area (Å²) in [5.41, 5.74) is 2.54. The Hall–Kier alpha value is -2.22. The summed E-state index contributed by atoms with van der Waals surface area (Å²) in [4.78, 5) is 40.3. The summed E-state index contributed by atoms with van der Waals surface area (Å²) >= 11 is 0. The number of aliphatic hydroxyl groups excluding tert-OH is 1. The van der Waals surface area contributed by atoms with Gasteiger partial charge in [0.15, 0.2) is 6.61 Å². The molecule has 4 rings (SSSR count). The fraction of sp³-hybridized carbons (Fsp3) is 0.769. The van der Waals surface area contributed by atoms with Crippen molar-refractivity contribution >= 4 is 23.4 Å². The van der Waals surface area contributed by atoms with E-state index in [9.17, 15) is 14.4 Å². The fourth-order valence-corrected chi connectivity index (χ4v) is 7.91. The number of carboxylic acid groups (broad SMARTS) is 1. The van der Waals surface area contributed by atoms with Gasteiger partial charge in [-0.25, -0.2) is 4.79 Å². The molecule has 0 bridgehead atoms. The summed E-state index contributed by atoms with van der Waals surface area (Å²) < 4.78 is 0. The Morgan fingerprint density at radius 1 is 1.15 bits per heavy atom. The zero-order valence-corrected chi connectivity index (χ0v) is 20.5. The number of nitrogens with one attached hydrogen (secondary N) is 1. The molecule has 4 unspecified atom stereocenters. The van der Waals surface area contributed by atoms with E-state index in [0.29, 0.717) is 23.5 Å². The summed E-state index contributed by atoms with van der Waals surface area (Å²) in [6.07, 6.45) is 10.6. The summed E-state index contributed by atoms with van der Waals surface area (Å²) in [5.74, 6) is 0.619. The summed E-state index contributed by atoms with van der Waals surface area (Å²) in [5, 5.41) is 24.3. The second kappa shape index (κ2) is 9.44. The molecule has 3 fully saturated rings. The van der Waals surface area contributed by atoms with Crippen molar-refractivity contribution in [3.8, 4) is 0 Å². The highest BCUT2D eigenvalue weighted by Crippen LogP contribution is 2.66. The van der Waals surface area contributed by atoms with Crippen molar-refractivity contribution in [2.45, 2.75) is 78.2 Å². The number of oxime groups is 1. The van der Waals surface area contributed by atoms with E-state index >= 15 is 0 Å². The maximum absolute atomic E-state index is 12.3. The number of Topliss-reactive ketones (excluding diaryl/α,β-unsaturated/α-hetero) is 1. The number of carbonyl (C=O) groups excluding carboxylic acids is 2. The number of hydrogen-bond acceptors (Lipinski definition) is 6. The fourth-order valence-electron chi connectivity index (χ4n) is 7.91. The molecule has 4 aliphatic rings.